The molecule has 0 bridgehead atoms. The predicted molar refractivity (Wildman–Crippen MR) is 75.1 cm³/mol. The molecule has 0 radical (unpaired) electrons. The van der Waals surface area contributed by atoms with Crippen molar-refractivity contribution in [3.63, 3.8) is 0 Å². The Morgan fingerprint density at radius 3 is 2.50 bits per heavy atom. The van der Waals surface area contributed by atoms with Gasteiger partial charge in [-0.1, -0.05) is 48.0 Å². The summed E-state index contributed by atoms with van der Waals surface area (Å²) in [7, 11) is 1.64. The molecule has 0 saturated carbocycles. The Balaban J connectivity index is 2.24. The third-order valence-electron chi connectivity index (χ3n) is 2.95. The number of halogens is 1. The summed E-state index contributed by atoms with van der Waals surface area (Å²) >= 11 is 6.20. The molecule has 2 nitrogen and oxygen atoms in total. The largest absolute Gasteiger partial charge is 0.496 e. The second-order valence-electron chi connectivity index (χ2n) is 4.14. The second kappa shape index (κ2) is 5.89. The Hall–Kier alpha value is -1.51. The number of hydrogen-bond donors (Lipinski definition) is 1. The summed E-state index contributed by atoms with van der Waals surface area (Å²) in [6.45, 7) is 0. The van der Waals surface area contributed by atoms with Gasteiger partial charge in [0.05, 0.1) is 7.11 Å². The summed E-state index contributed by atoms with van der Waals surface area (Å²) in [6, 6.07) is 15.5. The zero-order valence-electron chi connectivity index (χ0n) is 10.3. The minimum Gasteiger partial charge on any atom is -0.496 e. The molecule has 1 unspecified atom stereocenters. The van der Waals surface area contributed by atoms with E-state index in [0.29, 0.717) is 11.4 Å². The molecule has 2 rings (SSSR count). The van der Waals surface area contributed by atoms with Gasteiger partial charge in [-0.15, -0.1) is 0 Å². The first kappa shape index (κ1) is 12.9. The van der Waals surface area contributed by atoms with Gasteiger partial charge in [-0.25, -0.2) is 0 Å². The minimum atomic E-state index is -0.0833. The third-order valence-corrected chi connectivity index (χ3v) is 3.30. The molecule has 3 heteroatoms. The quantitative estimate of drug-likeness (QED) is 0.913. The van der Waals surface area contributed by atoms with Crippen molar-refractivity contribution in [2.75, 3.05) is 7.11 Å². The summed E-state index contributed by atoms with van der Waals surface area (Å²) in [4.78, 5) is 0. The van der Waals surface area contributed by atoms with Gasteiger partial charge in [-0.3, -0.25) is 0 Å². The molecule has 0 heterocycles. The van der Waals surface area contributed by atoms with Gasteiger partial charge in [0, 0.05) is 16.6 Å². The molecular weight excluding hydrogens is 246 g/mol. The normalized spacial score (nSPS) is 12.2. The standard InChI is InChI=1S/C15H16ClNO/c1-18-15-9-5-8-13(16)12(15)10-14(17)11-6-3-2-4-7-11/h2-9,14H,10,17H2,1H3. The number of benzene rings is 2. The fourth-order valence-corrected chi connectivity index (χ4v) is 2.21. The van der Waals surface area contributed by atoms with Crippen molar-refractivity contribution in [1.29, 1.82) is 0 Å². The lowest BCUT2D eigenvalue weighted by molar-refractivity contribution is 0.408. The molecule has 0 aromatic heterocycles. The first-order valence-corrected chi connectivity index (χ1v) is 6.22. The van der Waals surface area contributed by atoms with Crippen molar-refractivity contribution in [2.24, 2.45) is 5.73 Å². The molecule has 2 aromatic carbocycles. The molecule has 0 aliphatic carbocycles. The summed E-state index contributed by atoms with van der Waals surface area (Å²) < 4.78 is 5.32. The van der Waals surface area contributed by atoms with Crippen LogP contribution in [-0.4, -0.2) is 7.11 Å². The Morgan fingerprint density at radius 1 is 1.11 bits per heavy atom. The summed E-state index contributed by atoms with van der Waals surface area (Å²) in [5.41, 5.74) is 8.26. The van der Waals surface area contributed by atoms with Crippen LogP contribution in [0.15, 0.2) is 48.5 Å². The van der Waals surface area contributed by atoms with E-state index < -0.39 is 0 Å². The highest BCUT2D eigenvalue weighted by molar-refractivity contribution is 6.31. The fraction of sp³-hybridized carbons (Fsp3) is 0.200. The predicted octanol–water partition coefficient (Wildman–Crippen LogP) is 3.59. The van der Waals surface area contributed by atoms with Crippen LogP contribution in [0.25, 0.3) is 0 Å². The molecule has 1 atom stereocenters. The highest BCUT2D eigenvalue weighted by Crippen LogP contribution is 2.30. The van der Waals surface area contributed by atoms with Crippen molar-refractivity contribution in [2.45, 2.75) is 12.5 Å². The van der Waals surface area contributed by atoms with Crippen molar-refractivity contribution in [3.05, 3.63) is 64.7 Å². The smallest absolute Gasteiger partial charge is 0.123 e. The Kier molecular flexibility index (Phi) is 4.24. The second-order valence-corrected chi connectivity index (χ2v) is 4.55. The number of ether oxygens (including phenoxy) is 1. The molecule has 0 fully saturated rings. The molecule has 0 amide bonds. The molecule has 0 saturated heterocycles. The SMILES string of the molecule is COc1cccc(Cl)c1CC(N)c1ccccc1. The number of hydrogen-bond acceptors (Lipinski definition) is 2. The van der Waals surface area contributed by atoms with Gasteiger partial charge < -0.3 is 10.5 Å². The van der Waals surface area contributed by atoms with E-state index in [0.717, 1.165) is 16.9 Å². The topological polar surface area (TPSA) is 35.2 Å². The lowest BCUT2D eigenvalue weighted by Gasteiger charge is -2.15. The maximum absolute atomic E-state index is 6.21. The van der Waals surface area contributed by atoms with Crippen LogP contribution in [0.1, 0.15) is 17.2 Å². The van der Waals surface area contributed by atoms with Gasteiger partial charge in [0.15, 0.2) is 0 Å². The first-order valence-electron chi connectivity index (χ1n) is 5.84. The van der Waals surface area contributed by atoms with Crippen molar-refractivity contribution >= 4 is 11.6 Å². The minimum absolute atomic E-state index is 0.0833. The fourth-order valence-electron chi connectivity index (χ4n) is 1.97. The van der Waals surface area contributed by atoms with Crippen molar-refractivity contribution in [1.82, 2.24) is 0 Å². The van der Waals surface area contributed by atoms with Gasteiger partial charge in [-0.05, 0) is 24.1 Å². The molecule has 0 spiro atoms. The highest BCUT2D eigenvalue weighted by Gasteiger charge is 2.13. The van der Waals surface area contributed by atoms with Crippen LogP contribution in [0.4, 0.5) is 0 Å². The van der Waals surface area contributed by atoms with E-state index in [1.54, 1.807) is 7.11 Å². The van der Waals surface area contributed by atoms with Crippen LogP contribution in [-0.2, 0) is 6.42 Å². The molecule has 2 aromatic rings. The number of nitrogens with two attached hydrogens (primary N) is 1. The monoisotopic (exact) mass is 261 g/mol. The van der Waals surface area contributed by atoms with Crippen molar-refractivity contribution < 1.29 is 4.74 Å². The van der Waals surface area contributed by atoms with Gasteiger partial charge >= 0.3 is 0 Å². The number of rotatable bonds is 4. The summed E-state index contributed by atoms with van der Waals surface area (Å²) in [6.07, 6.45) is 0.660. The van der Waals surface area contributed by atoms with E-state index in [4.69, 9.17) is 22.1 Å². The molecule has 2 N–H and O–H groups in total. The van der Waals surface area contributed by atoms with Gasteiger partial charge in [0.2, 0.25) is 0 Å². The molecule has 18 heavy (non-hydrogen) atoms. The van der Waals surface area contributed by atoms with E-state index in [1.165, 1.54) is 0 Å². The Morgan fingerprint density at radius 2 is 1.83 bits per heavy atom. The Labute approximate surface area is 112 Å². The average molecular weight is 262 g/mol. The maximum atomic E-state index is 6.21. The zero-order chi connectivity index (χ0) is 13.0. The van der Waals surface area contributed by atoms with E-state index in [-0.39, 0.29) is 6.04 Å². The highest BCUT2D eigenvalue weighted by atomic mass is 35.5. The first-order chi connectivity index (χ1) is 8.72. The van der Waals surface area contributed by atoms with Crippen LogP contribution in [0, 0.1) is 0 Å². The van der Waals surface area contributed by atoms with Crippen molar-refractivity contribution in [3.8, 4) is 5.75 Å². The zero-order valence-corrected chi connectivity index (χ0v) is 11.0. The molecule has 94 valence electrons. The molecule has 0 aliphatic rings. The van der Waals surface area contributed by atoms with Crippen LogP contribution >= 0.6 is 11.6 Å². The van der Waals surface area contributed by atoms with E-state index in [2.05, 4.69) is 0 Å². The average Bonchev–Trinajstić information content (AvgIpc) is 2.42. The lowest BCUT2D eigenvalue weighted by atomic mass is 9.99. The summed E-state index contributed by atoms with van der Waals surface area (Å²) in [5.74, 6) is 0.786. The van der Waals surface area contributed by atoms with Gasteiger partial charge in [-0.2, -0.15) is 0 Å². The van der Waals surface area contributed by atoms with Gasteiger partial charge in [0.1, 0.15) is 5.75 Å². The molecular formula is C15H16ClNO. The van der Waals surface area contributed by atoms with Crippen LogP contribution < -0.4 is 10.5 Å². The molecule has 0 aliphatic heterocycles. The van der Waals surface area contributed by atoms with E-state index >= 15 is 0 Å². The lowest BCUT2D eigenvalue weighted by Crippen LogP contribution is -2.14. The van der Waals surface area contributed by atoms with E-state index in [9.17, 15) is 0 Å². The number of methoxy groups -OCH3 is 1. The third kappa shape index (κ3) is 2.84. The van der Waals surface area contributed by atoms with Gasteiger partial charge in [0.25, 0.3) is 0 Å². The summed E-state index contributed by atoms with van der Waals surface area (Å²) in [5, 5.41) is 0.695. The van der Waals surface area contributed by atoms with Crippen LogP contribution in [0.2, 0.25) is 5.02 Å². The van der Waals surface area contributed by atoms with E-state index in [1.807, 2.05) is 48.5 Å². The Bertz CT molecular complexity index is 513. The van der Waals surface area contributed by atoms with Crippen LogP contribution in [0.3, 0.4) is 0 Å². The van der Waals surface area contributed by atoms with Crippen LogP contribution in [0.5, 0.6) is 5.75 Å². The maximum Gasteiger partial charge on any atom is 0.123 e.